The molecule has 5 rings (SSSR count). The van der Waals surface area contributed by atoms with Crippen molar-refractivity contribution in [2.45, 2.75) is 6.67 Å². The Morgan fingerprint density at radius 3 is 2.27 bits per heavy atom. The van der Waals surface area contributed by atoms with Crippen LogP contribution in [0.15, 0.2) is 67.3 Å². The molecule has 4 heterocycles. The lowest BCUT2D eigenvalue weighted by Gasteiger charge is -2.34. The Morgan fingerprint density at radius 2 is 1.61 bits per heavy atom. The zero-order chi connectivity index (χ0) is 22.6. The number of hydrogen-bond donors (Lipinski definition) is 0. The van der Waals surface area contributed by atoms with E-state index in [2.05, 4.69) is 24.8 Å². The van der Waals surface area contributed by atoms with Crippen molar-refractivity contribution >= 4 is 18.2 Å². The average Bonchev–Trinajstić information content (AvgIpc) is 3.21. The average molecular weight is 461 g/mol. The van der Waals surface area contributed by atoms with E-state index < -0.39 is 0 Å². The van der Waals surface area contributed by atoms with Crippen molar-refractivity contribution in [3.8, 4) is 22.8 Å². The lowest BCUT2D eigenvalue weighted by molar-refractivity contribution is 0.193. The van der Waals surface area contributed by atoms with Gasteiger partial charge in [0.05, 0.1) is 19.5 Å². The van der Waals surface area contributed by atoms with Crippen LogP contribution in [0.3, 0.4) is 0 Å². The van der Waals surface area contributed by atoms with Crippen LogP contribution >= 0.6 is 12.2 Å². The molecule has 1 fully saturated rings. The molecule has 0 spiro atoms. The Bertz CT molecular complexity index is 1250. The highest BCUT2D eigenvalue weighted by Crippen LogP contribution is 2.24. The fourth-order valence-electron chi connectivity index (χ4n) is 3.89. The van der Waals surface area contributed by atoms with Crippen LogP contribution in [0.25, 0.3) is 17.1 Å². The van der Waals surface area contributed by atoms with Gasteiger partial charge in [0.25, 0.3) is 0 Å². The SMILES string of the molecule is COc1ccc(-n2c(-c3ccncc3)nn(CN3CCN(c4ncccn4)CC3)c2=S)cc1. The highest BCUT2D eigenvalue weighted by Gasteiger charge is 2.21. The van der Waals surface area contributed by atoms with E-state index in [4.69, 9.17) is 22.1 Å². The van der Waals surface area contributed by atoms with E-state index in [0.29, 0.717) is 11.4 Å². The lowest BCUT2D eigenvalue weighted by Crippen LogP contribution is -2.47. The molecule has 0 saturated carbocycles. The zero-order valence-electron chi connectivity index (χ0n) is 18.3. The summed E-state index contributed by atoms with van der Waals surface area (Å²) in [6.07, 6.45) is 7.09. The predicted octanol–water partition coefficient (Wildman–Crippen LogP) is 3.04. The number of nitrogens with zero attached hydrogens (tertiary/aromatic N) is 8. The number of methoxy groups -OCH3 is 1. The van der Waals surface area contributed by atoms with Crippen LogP contribution in [0.1, 0.15) is 0 Å². The van der Waals surface area contributed by atoms with Gasteiger partial charge >= 0.3 is 0 Å². The second-order valence-electron chi connectivity index (χ2n) is 7.67. The minimum absolute atomic E-state index is 0.615. The third-order valence-corrected chi connectivity index (χ3v) is 6.04. The molecule has 1 aliphatic heterocycles. The fourth-order valence-corrected chi connectivity index (χ4v) is 4.18. The summed E-state index contributed by atoms with van der Waals surface area (Å²) in [6, 6.07) is 13.6. The summed E-state index contributed by atoms with van der Waals surface area (Å²) >= 11 is 5.88. The summed E-state index contributed by atoms with van der Waals surface area (Å²) in [5.41, 5.74) is 1.89. The number of aromatic nitrogens is 6. The van der Waals surface area contributed by atoms with Crippen LogP contribution in [0, 0.1) is 4.77 Å². The molecule has 0 unspecified atom stereocenters. The molecule has 4 aromatic rings. The maximum atomic E-state index is 5.88. The topological polar surface area (TPSA) is 77.1 Å². The summed E-state index contributed by atoms with van der Waals surface area (Å²) in [7, 11) is 1.66. The van der Waals surface area contributed by atoms with Gasteiger partial charge < -0.3 is 9.64 Å². The molecule has 33 heavy (non-hydrogen) atoms. The number of rotatable bonds is 6. The first kappa shape index (κ1) is 21.2. The van der Waals surface area contributed by atoms with E-state index in [9.17, 15) is 0 Å². The van der Waals surface area contributed by atoms with Gasteiger partial charge in [-0.15, -0.1) is 5.10 Å². The molecule has 9 nitrogen and oxygen atoms in total. The quantitative estimate of drug-likeness (QED) is 0.407. The molecule has 0 atom stereocenters. The molecule has 168 valence electrons. The second kappa shape index (κ2) is 9.47. The number of anilines is 1. The van der Waals surface area contributed by atoms with Gasteiger partial charge in [0.15, 0.2) is 5.82 Å². The monoisotopic (exact) mass is 460 g/mol. The molecule has 0 amide bonds. The first-order valence-electron chi connectivity index (χ1n) is 10.7. The summed E-state index contributed by atoms with van der Waals surface area (Å²) in [4.78, 5) is 17.4. The predicted molar refractivity (Wildman–Crippen MR) is 128 cm³/mol. The maximum absolute atomic E-state index is 5.88. The van der Waals surface area contributed by atoms with Crippen molar-refractivity contribution in [2.75, 3.05) is 38.2 Å². The van der Waals surface area contributed by atoms with Crippen LogP contribution in [-0.2, 0) is 6.67 Å². The van der Waals surface area contributed by atoms with Crippen molar-refractivity contribution in [2.24, 2.45) is 0 Å². The molecule has 10 heteroatoms. The van der Waals surface area contributed by atoms with E-state index in [1.54, 1.807) is 31.9 Å². The van der Waals surface area contributed by atoms with E-state index in [0.717, 1.165) is 55.0 Å². The Kier molecular flexibility index (Phi) is 6.09. The smallest absolute Gasteiger partial charge is 0.225 e. The van der Waals surface area contributed by atoms with Crippen LogP contribution in [0.5, 0.6) is 5.75 Å². The molecule has 0 radical (unpaired) electrons. The Morgan fingerprint density at radius 1 is 0.909 bits per heavy atom. The largest absolute Gasteiger partial charge is 0.497 e. The van der Waals surface area contributed by atoms with Gasteiger partial charge in [0, 0.05) is 56.5 Å². The zero-order valence-corrected chi connectivity index (χ0v) is 19.1. The van der Waals surface area contributed by atoms with Gasteiger partial charge in [0.1, 0.15) is 5.75 Å². The summed E-state index contributed by atoms with van der Waals surface area (Å²) in [5, 5.41) is 4.91. The molecule has 1 saturated heterocycles. The van der Waals surface area contributed by atoms with Crippen LogP contribution in [0.4, 0.5) is 5.95 Å². The third-order valence-electron chi connectivity index (χ3n) is 5.65. The van der Waals surface area contributed by atoms with E-state index in [1.807, 2.05) is 51.7 Å². The lowest BCUT2D eigenvalue weighted by atomic mass is 10.2. The Balaban J connectivity index is 1.41. The number of ether oxygens (including phenoxy) is 1. The van der Waals surface area contributed by atoms with Gasteiger partial charge in [-0.25, -0.2) is 14.6 Å². The summed E-state index contributed by atoms with van der Waals surface area (Å²) in [5.74, 6) is 2.35. The third kappa shape index (κ3) is 4.48. The highest BCUT2D eigenvalue weighted by atomic mass is 32.1. The molecular weight excluding hydrogens is 436 g/mol. The first-order chi connectivity index (χ1) is 16.2. The minimum atomic E-state index is 0.615. The maximum Gasteiger partial charge on any atom is 0.225 e. The number of benzene rings is 1. The molecule has 0 aliphatic carbocycles. The number of hydrogen-bond acceptors (Lipinski definition) is 8. The molecule has 1 aliphatic rings. The molecule has 0 bridgehead atoms. The molecular formula is C23H24N8OS. The molecule has 3 aromatic heterocycles. The Labute approximate surface area is 196 Å². The standard InChI is InChI=1S/C23H24N8OS/c1-32-20-5-3-19(4-6-20)31-21(18-7-11-24-12-8-18)27-30(23(31)33)17-28-13-15-29(16-14-28)22-25-9-2-10-26-22/h2-12H,13-17H2,1H3. The second-order valence-corrected chi connectivity index (χ2v) is 8.04. The highest BCUT2D eigenvalue weighted by molar-refractivity contribution is 7.71. The van der Waals surface area contributed by atoms with Gasteiger partial charge in [-0.3, -0.25) is 14.5 Å². The summed E-state index contributed by atoms with van der Waals surface area (Å²) < 4.78 is 9.84. The van der Waals surface area contributed by atoms with Crippen LogP contribution in [-0.4, -0.2) is 67.5 Å². The van der Waals surface area contributed by atoms with Gasteiger partial charge in [-0.05, 0) is 54.7 Å². The van der Waals surface area contributed by atoms with Gasteiger partial charge in [0.2, 0.25) is 10.7 Å². The first-order valence-corrected chi connectivity index (χ1v) is 11.1. The molecule has 0 N–H and O–H groups in total. The number of piperazine rings is 1. The van der Waals surface area contributed by atoms with Crippen LogP contribution < -0.4 is 9.64 Å². The van der Waals surface area contributed by atoms with Crippen molar-refractivity contribution in [3.05, 3.63) is 72.0 Å². The van der Waals surface area contributed by atoms with Crippen molar-refractivity contribution < 1.29 is 4.74 Å². The summed E-state index contributed by atoms with van der Waals surface area (Å²) in [6.45, 7) is 4.07. The van der Waals surface area contributed by atoms with E-state index in [-0.39, 0.29) is 0 Å². The van der Waals surface area contributed by atoms with Crippen molar-refractivity contribution in [3.63, 3.8) is 0 Å². The van der Waals surface area contributed by atoms with Crippen LogP contribution in [0.2, 0.25) is 0 Å². The number of pyridine rings is 1. The van der Waals surface area contributed by atoms with Gasteiger partial charge in [-0.2, -0.15) is 0 Å². The van der Waals surface area contributed by atoms with Crippen molar-refractivity contribution in [1.82, 2.24) is 34.2 Å². The van der Waals surface area contributed by atoms with E-state index >= 15 is 0 Å². The Hall–Kier alpha value is -3.63. The van der Waals surface area contributed by atoms with E-state index in [1.165, 1.54) is 0 Å². The van der Waals surface area contributed by atoms with Crippen molar-refractivity contribution in [1.29, 1.82) is 0 Å². The minimum Gasteiger partial charge on any atom is -0.497 e. The fraction of sp³-hybridized carbons (Fsp3) is 0.261. The van der Waals surface area contributed by atoms with Gasteiger partial charge in [-0.1, -0.05) is 0 Å². The molecule has 1 aromatic carbocycles. The normalized spacial score (nSPS) is 14.4.